The van der Waals surface area contributed by atoms with E-state index in [1.807, 2.05) is 0 Å². The molecule has 1 unspecified atom stereocenters. The summed E-state index contributed by atoms with van der Waals surface area (Å²) in [6.07, 6.45) is -0.195. The molecule has 3 aromatic heterocycles. The molecule has 0 saturated heterocycles. The second kappa shape index (κ2) is 4.86. The SMILES string of the molecule is O=P(O)(O)c1cn2c(C(O)c3nnn[nH]3)c(Cl)ccc2n1. The lowest BCUT2D eigenvalue weighted by molar-refractivity contribution is 0.203. The molecule has 21 heavy (non-hydrogen) atoms. The van der Waals surface area contributed by atoms with E-state index in [1.54, 1.807) is 0 Å². The summed E-state index contributed by atoms with van der Waals surface area (Å²) in [5.74, 6) is 0.0378. The molecule has 0 aliphatic rings. The Morgan fingerprint density at radius 1 is 1.38 bits per heavy atom. The van der Waals surface area contributed by atoms with E-state index < -0.39 is 19.1 Å². The topological polar surface area (TPSA) is 150 Å². The van der Waals surface area contributed by atoms with E-state index in [0.717, 1.165) is 6.20 Å². The van der Waals surface area contributed by atoms with Crippen LogP contribution in [-0.2, 0) is 4.57 Å². The van der Waals surface area contributed by atoms with Gasteiger partial charge in [0, 0.05) is 6.20 Å². The van der Waals surface area contributed by atoms with E-state index in [1.165, 1.54) is 16.5 Å². The fourth-order valence-electron chi connectivity index (χ4n) is 1.85. The molecule has 0 aromatic carbocycles. The maximum atomic E-state index is 11.3. The summed E-state index contributed by atoms with van der Waals surface area (Å²) in [4.78, 5) is 22.2. The Morgan fingerprint density at radius 2 is 2.14 bits per heavy atom. The maximum absolute atomic E-state index is 11.3. The Kier molecular flexibility index (Phi) is 3.27. The summed E-state index contributed by atoms with van der Waals surface area (Å²) < 4.78 is 12.6. The number of hydrogen-bond acceptors (Lipinski definition) is 6. The number of hydrogen-bond donors (Lipinski definition) is 4. The van der Waals surface area contributed by atoms with Crippen molar-refractivity contribution in [1.82, 2.24) is 30.0 Å². The molecule has 0 spiro atoms. The number of aliphatic hydroxyl groups is 1. The molecular weight excluding hydrogens is 323 g/mol. The highest BCUT2D eigenvalue weighted by atomic mass is 35.5. The number of nitrogens with one attached hydrogen (secondary N) is 1. The fourth-order valence-corrected chi connectivity index (χ4v) is 2.61. The number of aliphatic hydroxyl groups excluding tert-OH is 1. The summed E-state index contributed by atoms with van der Waals surface area (Å²) in [7, 11) is -4.52. The van der Waals surface area contributed by atoms with Crippen molar-refractivity contribution in [3.63, 3.8) is 0 Å². The van der Waals surface area contributed by atoms with Crippen LogP contribution in [-0.4, -0.2) is 44.9 Å². The van der Waals surface area contributed by atoms with E-state index in [-0.39, 0.29) is 22.2 Å². The van der Waals surface area contributed by atoms with E-state index in [9.17, 15) is 19.5 Å². The van der Waals surface area contributed by atoms with Crippen LogP contribution in [0.2, 0.25) is 5.02 Å². The second-order valence-corrected chi connectivity index (χ2v) is 6.08. The first-order valence-corrected chi connectivity index (χ1v) is 7.52. The van der Waals surface area contributed by atoms with Gasteiger partial charge < -0.3 is 14.9 Å². The quantitative estimate of drug-likeness (QED) is 0.464. The molecular formula is C9H8ClN6O4P. The average molecular weight is 331 g/mol. The number of rotatable bonds is 3. The molecule has 0 fully saturated rings. The second-order valence-electron chi connectivity index (χ2n) is 4.13. The molecule has 4 N–H and O–H groups in total. The van der Waals surface area contributed by atoms with Gasteiger partial charge >= 0.3 is 7.60 Å². The van der Waals surface area contributed by atoms with Gasteiger partial charge in [-0.2, -0.15) is 0 Å². The van der Waals surface area contributed by atoms with Crippen LogP contribution >= 0.6 is 19.2 Å². The zero-order valence-corrected chi connectivity index (χ0v) is 11.8. The van der Waals surface area contributed by atoms with E-state index in [2.05, 4.69) is 25.6 Å². The van der Waals surface area contributed by atoms with Crippen molar-refractivity contribution in [3.8, 4) is 0 Å². The predicted molar refractivity (Wildman–Crippen MR) is 70.1 cm³/mol. The zero-order valence-electron chi connectivity index (χ0n) is 10.1. The first-order chi connectivity index (χ1) is 9.88. The third-order valence-electron chi connectivity index (χ3n) is 2.78. The minimum absolute atomic E-state index is 0.0378. The summed E-state index contributed by atoms with van der Waals surface area (Å²) in [5.41, 5.74) is -0.0620. The van der Waals surface area contributed by atoms with E-state index in [0.29, 0.717) is 0 Å². The van der Waals surface area contributed by atoms with Crippen LogP contribution in [0.5, 0.6) is 0 Å². The van der Waals surface area contributed by atoms with Crippen LogP contribution in [0.4, 0.5) is 0 Å². The molecule has 1 atom stereocenters. The third kappa shape index (κ3) is 2.43. The van der Waals surface area contributed by atoms with Crippen molar-refractivity contribution in [2.75, 3.05) is 0 Å². The Balaban J connectivity index is 2.24. The number of aromatic nitrogens is 6. The number of nitrogens with zero attached hydrogens (tertiary/aromatic N) is 5. The summed E-state index contributed by atoms with van der Waals surface area (Å²) in [6, 6.07) is 2.92. The van der Waals surface area contributed by atoms with Crippen molar-refractivity contribution in [3.05, 3.63) is 34.9 Å². The van der Waals surface area contributed by atoms with Gasteiger partial charge in [-0.15, -0.1) is 5.10 Å². The van der Waals surface area contributed by atoms with Gasteiger partial charge in [0.05, 0.1) is 10.7 Å². The van der Waals surface area contributed by atoms with Gasteiger partial charge in [0.15, 0.2) is 17.4 Å². The molecule has 0 radical (unpaired) electrons. The standard InChI is InChI=1S/C9H8ClN6O4P/c10-4-1-2-5-11-6(21(18,19)20)3-16(5)7(4)8(17)9-12-14-15-13-9/h1-3,8,17H,(H2,18,19,20)(H,12,13,14,15). The Hall–Kier alpha value is -1.84. The smallest absolute Gasteiger partial charge is 0.376 e. The number of fused-ring (bicyclic) bond motifs is 1. The van der Waals surface area contributed by atoms with Crippen molar-refractivity contribution >= 4 is 30.3 Å². The molecule has 0 aliphatic carbocycles. The van der Waals surface area contributed by atoms with Crippen LogP contribution in [0.3, 0.4) is 0 Å². The molecule has 110 valence electrons. The zero-order chi connectivity index (χ0) is 15.2. The molecule has 10 nitrogen and oxygen atoms in total. The van der Waals surface area contributed by atoms with Crippen molar-refractivity contribution in [2.24, 2.45) is 0 Å². The normalized spacial score (nSPS) is 13.7. The molecule has 3 aromatic rings. The lowest BCUT2D eigenvalue weighted by Crippen LogP contribution is -2.09. The molecule has 3 rings (SSSR count). The lowest BCUT2D eigenvalue weighted by atomic mass is 10.2. The number of tetrazole rings is 1. The van der Waals surface area contributed by atoms with Gasteiger partial charge in [-0.1, -0.05) is 11.6 Å². The number of pyridine rings is 1. The lowest BCUT2D eigenvalue weighted by Gasteiger charge is -2.11. The minimum Gasteiger partial charge on any atom is -0.379 e. The largest absolute Gasteiger partial charge is 0.379 e. The minimum atomic E-state index is -4.52. The van der Waals surface area contributed by atoms with Gasteiger partial charge in [0.1, 0.15) is 5.65 Å². The Labute approximate surface area is 121 Å². The van der Waals surface area contributed by atoms with Crippen molar-refractivity contribution in [2.45, 2.75) is 6.10 Å². The first-order valence-electron chi connectivity index (χ1n) is 5.53. The average Bonchev–Trinajstić information content (AvgIpc) is 3.06. The predicted octanol–water partition coefficient (Wildman–Crippen LogP) is -0.615. The highest BCUT2D eigenvalue weighted by Crippen LogP contribution is 2.34. The highest BCUT2D eigenvalue weighted by Gasteiger charge is 2.26. The van der Waals surface area contributed by atoms with Gasteiger partial charge in [-0.25, -0.2) is 10.1 Å². The van der Waals surface area contributed by atoms with Crippen LogP contribution in [0.25, 0.3) is 5.65 Å². The monoisotopic (exact) mass is 330 g/mol. The van der Waals surface area contributed by atoms with Crippen molar-refractivity contribution in [1.29, 1.82) is 0 Å². The fraction of sp³-hybridized carbons (Fsp3) is 0.111. The van der Waals surface area contributed by atoms with Crippen molar-refractivity contribution < 1.29 is 19.5 Å². The maximum Gasteiger partial charge on any atom is 0.376 e. The molecule has 0 aliphatic heterocycles. The van der Waals surface area contributed by atoms with Crippen LogP contribution < -0.4 is 5.44 Å². The van der Waals surface area contributed by atoms with Gasteiger partial charge in [-0.3, -0.25) is 8.97 Å². The summed E-state index contributed by atoms with van der Waals surface area (Å²) >= 11 is 6.05. The molecule has 0 bridgehead atoms. The van der Waals surface area contributed by atoms with Crippen LogP contribution in [0.1, 0.15) is 17.6 Å². The number of H-pyrrole nitrogens is 1. The first kappa shape index (κ1) is 14.1. The summed E-state index contributed by atoms with van der Waals surface area (Å²) in [6.45, 7) is 0. The van der Waals surface area contributed by atoms with Gasteiger partial charge in [0.2, 0.25) is 0 Å². The number of halogens is 1. The third-order valence-corrected chi connectivity index (χ3v) is 3.91. The molecule has 0 amide bonds. The Bertz CT molecular complexity index is 843. The van der Waals surface area contributed by atoms with Crippen LogP contribution in [0, 0.1) is 0 Å². The molecule has 3 heterocycles. The molecule has 0 saturated carbocycles. The number of imidazole rings is 1. The molecule has 12 heteroatoms. The van der Waals surface area contributed by atoms with Crippen LogP contribution in [0.15, 0.2) is 18.3 Å². The Morgan fingerprint density at radius 3 is 2.76 bits per heavy atom. The van der Waals surface area contributed by atoms with E-state index in [4.69, 9.17) is 11.6 Å². The highest BCUT2D eigenvalue weighted by molar-refractivity contribution is 7.60. The van der Waals surface area contributed by atoms with E-state index >= 15 is 0 Å². The number of aromatic amines is 1. The van der Waals surface area contributed by atoms with Gasteiger partial charge in [-0.05, 0) is 22.6 Å². The summed E-state index contributed by atoms with van der Waals surface area (Å²) in [5, 5.41) is 23.1. The van der Waals surface area contributed by atoms with Gasteiger partial charge in [0.25, 0.3) is 0 Å².